The highest BCUT2D eigenvalue weighted by atomic mass is 32.1. The Morgan fingerprint density at radius 2 is 1.96 bits per heavy atom. The number of rotatable bonds is 5. The van der Waals surface area contributed by atoms with Crippen molar-refractivity contribution in [1.29, 1.82) is 0 Å². The molecule has 27 heavy (non-hydrogen) atoms. The van der Waals surface area contributed by atoms with Crippen LogP contribution in [0.2, 0.25) is 0 Å². The van der Waals surface area contributed by atoms with Crippen LogP contribution in [-0.2, 0) is 11.4 Å². The van der Waals surface area contributed by atoms with Crippen molar-refractivity contribution in [2.75, 3.05) is 12.4 Å². The van der Waals surface area contributed by atoms with Gasteiger partial charge in [-0.3, -0.25) is 4.79 Å². The van der Waals surface area contributed by atoms with Crippen LogP contribution in [0.5, 0.6) is 11.5 Å². The third kappa shape index (κ3) is 3.66. The van der Waals surface area contributed by atoms with E-state index in [0.717, 1.165) is 21.7 Å². The Morgan fingerprint density at radius 3 is 2.74 bits per heavy atom. The highest BCUT2D eigenvalue weighted by Crippen LogP contribution is 2.42. The van der Waals surface area contributed by atoms with Gasteiger partial charge in [-0.05, 0) is 46.8 Å². The fourth-order valence-electron chi connectivity index (χ4n) is 3.20. The molecule has 0 bridgehead atoms. The number of benzene rings is 2. The van der Waals surface area contributed by atoms with Crippen LogP contribution >= 0.6 is 11.3 Å². The molecule has 1 atom stereocenters. The van der Waals surface area contributed by atoms with E-state index in [1.54, 1.807) is 30.6 Å². The monoisotopic (exact) mass is 383 g/mol. The van der Waals surface area contributed by atoms with Gasteiger partial charge >= 0.3 is 0 Å². The van der Waals surface area contributed by atoms with Crippen molar-refractivity contribution < 1.29 is 18.7 Å². The van der Waals surface area contributed by atoms with E-state index in [1.165, 1.54) is 12.1 Å². The van der Waals surface area contributed by atoms with Gasteiger partial charge in [-0.1, -0.05) is 18.2 Å². The molecular weight excluding hydrogens is 365 g/mol. The van der Waals surface area contributed by atoms with Crippen LogP contribution in [0.25, 0.3) is 0 Å². The second kappa shape index (κ2) is 7.40. The minimum Gasteiger partial charge on any atom is -0.493 e. The summed E-state index contributed by atoms with van der Waals surface area (Å²) in [6.45, 7) is 0.316. The van der Waals surface area contributed by atoms with Gasteiger partial charge in [-0.25, -0.2) is 4.39 Å². The average Bonchev–Trinajstić information content (AvgIpc) is 3.15. The molecule has 138 valence electrons. The lowest BCUT2D eigenvalue weighted by atomic mass is 9.90. The van der Waals surface area contributed by atoms with E-state index in [9.17, 15) is 9.18 Å². The number of ether oxygens (including phenoxy) is 2. The van der Waals surface area contributed by atoms with Gasteiger partial charge in [-0.15, -0.1) is 11.3 Å². The highest BCUT2D eigenvalue weighted by Gasteiger charge is 2.28. The van der Waals surface area contributed by atoms with E-state index in [-0.39, 0.29) is 17.6 Å². The van der Waals surface area contributed by atoms with Crippen molar-refractivity contribution in [2.45, 2.75) is 18.9 Å². The van der Waals surface area contributed by atoms with Crippen LogP contribution in [-0.4, -0.2) is 13.0 Å². The van der Waals surface area contributed by atoms with Crippen molar-refractivity contribution in [3.8, 4) is 11.5 Å². The van der Waals surface area contributed by atoms with Crippen molar-refractivity contribution in [1.82, 2.24) is 0 Å². The highest BCUT2D eigenvalue weighted by molar-refractivity contribution is 7.10. The first-order valence-corrected chi connectivity index (χ1v) is 9.44. The van der Waals surface area contributed by atoms with Crippen molar-refractivity contribution in [2.24, 2.45) is 0 Å². The zero-order valence-corrected chi connectivity index (χ0v) is 15.5. The molecule has 4 rings (SSSR count). The maximum absolute atomic E-state index is 13.0. The van der Waals surface area contributed by atoms with Crippen molar-refractivity contribution in [3.63, 3.8) is 0 Å². The molecule has 2 heterocycles. The number of thiophene rings is 1. The molecule has 4 nitrogen and oxygen atoms in total. The smallest absolute Gasteiger partial charge is 0.225 e. The summed E-state index contributed by atoms with van der Waals surface area (Å²) in [5, 5.41) is 4.90. The predicted molar refractivity (Wildman–Crippen MR) is 103 cm³/mol. The van der Waals surface area contributed by atoms with Crippen LogP contribution < -0.4 is 14.8 Å². The summed E-state index contributed by atoms with van der Waals surface area (Å²) in [5.74, 6) is 0.969. The Labute approximate surface area is 160 Å². The third-order valence-electron chi connectivity index (χ3n) is 4.57. The van der Waals surface area contributed by atoms with Crippen LogP contribution in [0.3, 0.4) is 0 Å². The second-order valence-corrected chi connectivity index (χ2v) is 7.28. The molecule has 1 amide bonds. The summed E-state index contributed by atoms with van der Waals surface area (Å²) in [7, 11) is 1.59. The second-order valence-electron chi connectivity index (χ2n) is 6.33. The first kappa shape index (κ1) is 17.5. The standard InChI is InChI=1S/C21H18FNO3S/c1-25-19-10-14(16-11-20(24)23-17-8-9-27-21(16)17)4-7-18(19)26-12-13-2-5-15(22)6-3-13/h2-10,16H,11-12H2,1H3,(H,23,24)/t16-/m1/s1. The van der Waals surface area contributed by atoms with Crippen LogP contribution in [0.1, 0.15) is 28.3 Å². The number of methoxy groups -OCH3 is 1. The lowest BCUT2D eigenvalue weighted by molar-refractivity contribution is -0.116. The maximum Gasteiger partial charge on any atom is 0.225 e. The van der Waals surface area contributed by atoms with Gasteiger partial charge in [0.05, 0.1) is 12.8 Å². The molecule has 0 aliphatic carbocycles. The maximum atomic E-state index is 13.0. The van der Waals surface area contributed by atoms with E-state index < -0.39 is 0 Å². The van der Waals surface area contributed by atoms with E-state index in [2.05, 4.69) is 5.32 Å². The quantitative estimate of drug-likeness (QED) is 0.678. The number of carbonyl (C=O) groups is 1. The van der Waals surface area contributed by atoms with Crippen molar-refractivity contribution >= 4 is 22.9 Å². The van der Waals surface area contributed by atoms with E-state index in [0.29, 0.717) is 24.5 Å². The molecule has 1 aliphatic rings. The zero-order chi connectivity index (χ0) is 18.8. The molecule has 6 heteroatoms. The van der Waals surface area contributed by atoms with Gasteiger partial charge in [-0.2, -0.15) is 0 Å². The number of hydrogen-bond acceptors (Lipinski definition) is 4. The number of carbonyl (C=O) groups excluding carboxylic acids is 1. The zero-order valence-electron chi connectivity index (χ0n) is 14.7. The van der Waals surface area contributed by atoms with Gasteiger partial charge in [0, 0.05) is 17.2 Å². The van der Waals surface area contributed by atoms with Crippen molar-refractivity contribution in [3.05, 3.63) is 75.7 Å². The number of anilines is 1. The molecule has 1 aliphatic heterocycles. The Balaban J connectivity index is 1.57. The summed E-state index contributed by atoms with van der Waals surface area (Å²) >= 11 is 1.64. The Hall–Kier alpha value is -2.86. The lowest BCUT2D eigenvalue weighted by Crippen LogP contribution is -2.21. The summed E-state index contributed by atoms with van der Waals surface area (Å²) in [6.07, 6.45) is 0.409. The molecular formula is C21H18FNO3S. The molecule has 0 fully saturated rings. The van der Waals surface area contributed by atoms with Gasteiger partial charge in [0.25, 0.3) is 0 Å². The molecule has 0 radical (unpaired) electrons. The first-order valence-electron chi connectivity index (χ1n) is 8.56. The topological polar surface area (TPSA) is 47.6 Å². The van der Waals surface area contributed by atoms with E-state index in [4.69, 9.17) is 9.47 Å². The molecule has 1 aromatic heterocycles. The van der Waals surface area contributed by atoms with Gasteiger partial charge in [0.15, 0.2) is 11.5 Å². The fraction of sp³-hybridized carbons (Fsp3) is 0.190. The average molecular weight is 383 g/mol. The summed E-state index contributed by atoms with van der Waals surface area (Å²) in [4.78, 5) is 13.2. The van der Waals surface area contributed by atoms with Crippen LogP contribution in [0, 0.1) is 5.82 Å². The van der Waals surface area contributed by atoms with E-state index in [1.807, 2.05) is 29.6 Å². The van der Waals surface area contributed by atoms with Crippen LogP contribution in [0.15, 0.2) is 53.9 Å². The summed E-state index contributed by atoms with van der Waals surface area (Å²) in [5.41, 5.74) is 2.77. The minimum absolute atomic E-state index is 0.00815. The van der Waals surface area contributed by atoms with Gasteiger partial charge in [0.1, 0.15) is 12.4 Å². The number of amides is 1. The number of fused-ring (bicyclic) bond motifs is 1. The molecule has 0 saturated heterocycles. The normalized spacial score (nSPS) is 15.8. The number of hydrogen-bond donors (Lipinski definition) is 1. The molecule has 0 unspecified atom stereocenters. The fourth-order valence-corrected chi connectivity index (χ4v) is 4.18. The number of nitrogens with one attached hydrogen (secondary N) is 1. The molecule has 0 saturated carbocycles. The van der Waals surface area contributed by atoms with Gasteiger partial charge in [0.2, 0.25) is 5.91 Å². The number of halogens is 1. The molecule has 2 aromatic carbocycles. The third-order valence-corrected chi connectivity index (χ3v) is 5.60. The SMILES string of the molecule is COc1cc([C@H]2CC(=O)Nc3ccsc32)ccc1OCc1ccc(F)cc1. The van der Waals surface area contributed by atoms with E-state index >= 15 is 0 Å². The lowest BCUT2D eigenvalue weighted by Gasteiger charge is -2.23. The first-order chi connectivity index (χ1) is 13.1. The predicted octanol–water partition coefficient (Wildman–Crippen LogP) is 4.95. The summed E-state index contributed by atoms with van der Waals surface area (Å²) in [6, 6.07) is 13.9. The molecule has 0 spiro atoms. The molecule has 1 N–H and O–H groups in total. The Kier molecular flexibility index (Phi) is 4.81. The molecule has 3 aromatic rings. The van der Waals surface area contributed by atoms with Gasteiger partial charge < -0.3 is 14.8 Å². The minimum atomic E-state index is -0.273. The largest absolute Gasteiger partial charge is 0.493 e. The summed E-state index contributed by atoms with van der Waals surface area (Å²) < 4.78 is 24.4. The Morgan fingerprint density at radius 1 is 1.15 bits per heavy atom. The Bertz CT molecular complexity index is 968. The van der Waals surface area contributed by atoms with Crippen LogP contribution in [0.4, 0.5) is 10.1 Å².